The quantitative estimate of drug-likeness (QED) is 0.444. The summed E-state index contributed by atoms with van der Waals surface area (Å²) in [6, 6.07) is 8.61. The molecule has 0 spiro atoms. The van der Waals surface area contributed by atoms with Gasteiger partial charge in [0.15, 0.2) is 18.6 Å². The Hall–Kier alpha value is -2.10. The van der Waals surface area contributed by atoms with E-state index in [-0.39, 0.29) is 0 Å². The van der Waals surface area contributed by atoms with Gasteiger partial charge in [0.2, 0.25) is 5.52 Å². The summed E-state index contributed by atoms with van der Waals surface area (Å²) in [5.41, 5.74) is 0.526. The van der Waals surface area contributed by atoms with Gasteiger partial charge in [-0.3, -0.25) is 4.79 Å². The fourth-order valence-electron chi connectivity index (χ4n) is 1.52. The number of aromatic nitrogens is 1. The first-order valence-electron chi connectivity index (χ1n) is 4.95. The highest BCUT2D eigenvalue weighted by atomic mass is 16.5. The van der Waals surface area contributed by atoms with E-state index in [1.807, 2.05) is 0 Å². The van der Waals surface area contributed by atoms with E-state index in [1.54, 1.807) is 37.3 Å². The molecule has 0 saturated carbocycles. The summed E-state index contributed by atoms with van der Waals surface area (Å²) in [7, 11) is 0. The van der Waals surface area contributed by atoms with Crippen LogP contribution in [0.1, 0.15) is 6.92 Å². The number of ether oxygens (including phenoxy) is 1. The molecule has 82 valence electrons. The number of fused-ring (bicyclic) bond motifs is 1. The Kier molecular flexibility index (Phi) is 2.72. The standard InChI is InChI=1S/C12H11NO3/c1-9(8-14)16-12-6-2-5-11-10(12)4-3-7-13(11)15/h2-9H,1H3. The highest BCUT2D eigenvalue weighted by Crippen LogP contribution is 2.23. The van der Waals surface area contributed by atoms with Gasteiger partial charge in [0.25, 0.3) is 0 Å². The zero-order valence-electron chi connectivity index (χ0n) is 8.79. The van der Waals surface area contributed by atoms with E-state index < -0.39 is 6.10 Å². The van der Waals surface area contributed by atoms with E-state index in [0.717, 1.165) is 4.73 Å². The normalized spacial score (nSPS) is 12.3. The molecule has 0 aliphatic heterocycles. The predicted octanol–water partition coefficient (Wildman–Crippen LogP) is 1.44. The van der Waals surface area contributed by atoms with E-state index in [1.165, 1.54) is 6.20 Å². The van der Waals surface area contributed by atoms with Crippen molar-refractivity contribution in [3.8, 4) is 5.75 Å². The first-order chi connectivity index (χ1) is 7.72. The van der Waals surface area contributed by atoms with Crippen LogP contribution in [0.5, 0.6) is 5.75 Å². The lowest BCUT2D eigenvalue weighted by atomic mass is 10.2. The summed E-state index contributed by atoms with van der Waals surface area (Å²) in [5.74, 6) is 0.544. The van der Waals surface area contributed by atoms with E-state index in [9.17, 15) is 10.0 Å². The lowest BCUT2D eigenvalue weighted by molar-refractivity contribution is -0.577. The van der Waals surface area contributed by atoms with Gasteiger partial charge in [-0.05, 0) is 19.1 Å². The second kappa shape index (κ2) is 4.18. The van der Waals surface area contributed by atoms with Crippen LogP contribution >= 0.6 is 0 Å². The van der Waals surface area contributed by atoms with Crippen molar-refractivity contribution < 1.29 is 14.3 Å². The molecule has 0 saturated heterocycles. The fraction of sp³-hybridized carbons (Fsp3) is 0.167. The van der Waals surface area contributed by atoms with E-state index in [2.05, 4.69) is 0 Å². The molecular formula is C12H11NO3. The Morgan fingerprint density at radius 3 is 2.94 bits per heavy atom. The molecular weight excluding hydrogens is 206 g/mol. The maximum absolute atomic E-state index is 11.5. The van der Waals surface area contributed by atoms with Crippen molar-refractivity contribution in [1.29, 1.82) is 0 Å². The summed E-state index contributed by atoms with van der Waals surface area (Å²) in [4.78, 5) is 10.5. The molecule has 0 radical (unpaired) electrons. The number of carbonyl (C=O) groups is 1. The fourth-order valence-corrected chi connectivity index (χ4v) is 1.52. The number of hydrogen-bond donors (Lipinski definition) is 0. The topological polar surface area (TPSA) is 53.2 Å². The van der Waals surface area contributed by atoms with Gasteiger partial charge in [-0.15, -0.1) is 0 Å². The Morgan fingerprint density at radius 2 is 2.19 bits per heavy atom. The number of carbonyl (C=O) groups excluding carboxylic acids is 1. The minimum Gasteiger partial charge on any atom is -0.618 e. The number of hydrogen-bond acceptors (Lipinski definition) is 3. The molecule has 4 nitrogen and oxygen atoms in total. The summed E-state index contributed by atoms with van der Waals surface area (Å²) < 4.78 is 6.18. The van der Waals surface area contributed by atoms with Crippen molar-refractivity contribution in [3.63, 3.8) is 0 Å². The lowest BCUT2D eigenvalue weighted by Gasteiger charge is -2.10. The van der Waals surface area contributed by atoms with Crippen molar-refractivity contribution >= 4 is 17.2 Å². The Balaban J connectivity index is 2.53. The first-order valence-corrected chi connectivity index (χ1v) is 4.95. The molecule has 1 aromatic carbocycles. The van der Waals surface area contributed by atoms with Gasteiger partial charge in [-0.1, -0.05) is 6.07 Å². The van der Waals surface area contributed by atoms with Crippen molar-refractivity contribution in [3.05, 3.63) is 41.7 Å². The number of aldehydes is 1. The van der Waals surface area contributed by atoms with Crippen LogP contribution in [-0.2, 0) is 4.79 Å². The zero-order valence-corrected chi connectivity index (χ0v) is 8.79. The minimum absolute atomic E-state index is 0.522. The van der Waals surface area contributed by atoms with Crippen molar-refractivity contribution in [1.82, 2.24) is 0 Å². The maximum atomic E-state index is 11.5. The van der Waals surface area contributed by atoms with E-state index in [4.69, 9.17) is 4.74 Å². The third-order valence-corrected chi connectivity index (χ3v) is 2.27. The molecule has 0 bridgehead atoms. The van der Waals surface area contributed by atoms with Gasteiger partial charge in [-0.25, -0.2) is 0 Å². The summed E-state index contributed by atoms with van der Waals surface area (Å²) in [6.45, 7) is 1.65. The molecule has 16 heavy (non-hydrogen) atoms. The van der Waals surface area contributed by atoms with Crippen LogP contribution in [0.4, 0.5) is 0 Å². The van der Waals surface area contributed by atoms with E-state index >= 15 is 0 Å². The Bertz CT molecular complexity index is 525. The number of benzene rings is 1. The molecule has 0 fully saturated rings. The van der Waals surface area contributed by atoms with Crippen LogP contribution in [-0.4, -0.2) is 12.4 Å². The van der Waals surface area contributed by atoms with Crippen molar-refractivity contribution in [2.24, 2.45) is 0 Å². The molecule has 1 unspecified atom stereocenters. The Morgan fingerprint density at radius 1 is 1.38 bits per heavy atom. The van der Waals surface area contributed by atoms with Gasteiger partial charge in [0.05, 0.1) is 5.39 Å². The monoisotopic (exact) mass is 217 g/mol. The van der Waals surface area contributed by atoms with Crippen LogP contribution in [0.3, 0.4) is 0 Å². The molecule has 2 aromatic rings. The third kappa shape index (κ3) is 1.82. The van der Waals surface area contributed by atoms with Gasteiger partial charge in [0.1, 0.15) is 5.75 Å². The van der Waals surface area contributed by atoms with Crippen LogP contribution in [0.25, 0.3) is 10.9 Å². The molecule has 0 aliphatic rings. The molecule has 1 heterocycles. The summed E-state index contributed by atoms with van der Waals surface area (Å²) in [6.07, 6.45) is 1.62. The van der Waals surface area contributed by atoms with Crippen LogP contribution in [0.15, 0.2) is 36.5 Å². The summed E-state index contributed by atoms with van der Waals surface area (Å²) >= 11 is 0. The number of pyridine rings is 1. The predicted molar refractivity (Wildman–Crippen MR) is 59.1 cm³/mol. The molecule has 1 aromatic heterocycles. The van der Waals surface area contributed by atoms with Crippen LogP contribution in [0, 0.1) is 5.21 Å². The SMILES string of the molecule is CC(C=O)Oc1cccc2c1ccc[n+]2[O-]. The highest BCUT2D eigenvalue weighted by molar-refractivity contribution is 5.82. The van der Waals surface area contributed by atoms with Gasteiger partial charge >= 0.3 is 0 Å². The van der Waals surface area contributed by atoms with E-state index in [0.29, 0.717) is 22.9 Å². The van der Waals surface area contributed by atoms with Crippen molar-refractivity contribution in [2.45, 2.75) is 13.0 Å². The Labute approximate surface area is 92.7 Å². The average molecular weight is 217 g/mol. The highest BCUT2D eigenvalue weighted by Gasteiger charge is 2.10. The van der Waals surface area contributed by atoms with Crippen LogP contribution in [0.2, 0.25) is 0 Å². The zero-order chi connectivity index (χ0) is 11.5. The molecule has 2 rings (SSSR count). The van der Waals surface area contributed by atoms with Gasteiger partial charge in [0, 0.05) is 12.1 Å². The molecule has 1 atom stereocenters. The first kappa shape index (κ1) is 10.4. The summed E-state index contributed by atoms with van der Waals surface area (Å²) in [5, 5.41) is 12.2. The molecule has 0 aliphatic carbocycles. The van der Waals surface area contributed by atoms with Crippen molar-refractivity contribution in [2.75, 3.05) is 0 Å². The minimum atomic E-state index is -0.522. The second-order valence-corrected chi connectivity index (χ2v) is 3.48. The smallest absolute Gasteiger partial charge is 0.227 e. The maximum Gasteiger partial charge on any atom is 0.227 e. The third-order valence-electron chi connectivity index (χ3n) is 2.27. The van der Waals surface area contributed by atoms with Crippen LogP contribution < -0.4 is 9.47 Å². The van der Waals surface area contributed by atoms with Gasteiger partial charge < -0.3 is 9.94 Å². The number of rotatable bonds is 3. The number of nitrogens with zero attached hydrogens (tertiary/aromatic N) is 1. The second-order valence-electron chi connectivity index (χ2n) is 3.48. The van der Waals surface area contributed by atoms with Gasteiger partial charge in [-0.2, -0.15) is 4.73 Å². The lowest BCUT2D eigenvalue weighted by Crippen LogP contribution is -2.26. The largest absolute Gasteiger partial charge is 0.618 e. The molecule has 4 heteroatoms. The molecule has 0 amide bonds. The average Bonchev–Trinajstić information content (AvgIpc) is 2.30. The molecule has 0 N–H and O–H groups in total.